The third-order valence-corrected chi connectivity index (χ3v) is 0.919. The highest BCUT2D eigenvalue weighted by Crippen LogP contribution is 1.78. The van der Waals surface area contributed by atoms with Gasteiger partial charge >= 0.3 is 0 Å². The molecular weight excluding hydrogens is 133 g/mol. The molecule has 0 radical (unpaired) electrons. The lowest BCUT2D eigenvalue weighted by molar-refractivity contribution is 0.341. The predicted molar refractivity (Wildman–Crippen MR) is 40.5 cm³/mol. The van der Waals surface area contributed by atoms with Gasteiger partial charge in [-0.2, -0.15) is 5.54 Å². The summed E-state index contributed by atoms with van der Waals surface area (Å²) in [5.74, 6) is 0. The molecule has 0 bridgehead atoms. The van der Waals surface area contributed by atoms with E-state index in [0.717, 1.165) is 0 Å². The van der Waals surface area contributed by atoms with Crippen molar-refractivity contribution >= 4 is 11.9 Å². The van der Waals surface area contributed by atoms with E-state index >= 15 is 0 Å². The molecule has 0 amide bonds. The first kappa shape index (κ1) is 9.23. The Hall–Kier alpha value is -0.770. The second-order valence-electron chi connectivity index (χ2n) is 1.79. The van der Waals surface area contributed by atoms with Crippen LogP contribution in [0.25, 0.3) is 0 Å². The van der Waals surface area contributed by atoms with E-state index in [1.54, 1.807) is 0 Å². The van der Waals surface area contributed by atoms with Crippen LogP contribution < -0.4 is 5.54 Å². The van der Waals surface area contributed by atoms with Crippen LogP contribution >= 0.6 is 0 Å². The number of rotatable bonds is 5. The van der Waals surface area contributed by atoms with Crippen molar-refractivity contribution < 1.29 is 4.48 Å². The Labute approximate surface area is 59.8 Å². The molecule has 58 valence electrons. The van der Waals surface area contributed by atoms with Crippen LogP contribution in [0.2, 0.25) is 0 Å². The minimum absolute atomic E-state index is 0.189. The zero-order valence-electron chi connectivity index (χ0n) is 6.02. The maximum atomic E-state index is 11.3. The van der Waals surface area contributed by atoms with Crippen molar-refractivity contribution in [3.05, 3.63) is 0 Å². The van der Waals surface area contributed by atoms with Crippen LogP contribution in [-0.2, 0) is 0 Å². The third-order valence-electron chi connectivity index (χ3n) is 0.919. The van der Waals surface area contributed by atoms with Gasteiger partial charge in [0.15, 0.2) is 0 Å². The zero-order valence-corrected chi connectivity index (χ0v) is 6.02. The molecule has 4 heteroatoms. The number of halogens is 1. The quantitative estimate of drug-likeness (QED) is 0.439. The van der Waals surface area contributed by atoms with E-state index in [-0.39, 0.29) is 6.54 Å². The van der Waals surface area contributed by atoms with Crippen LogP contribution in [0.5, 0.6) is 0 Å². The van der Waals surface area contributed by atoms with Crippen molar-refractivity contribution in [1.82, 2.24) is 5.54 Å². The summed E-state index contributed by atoms with van der Waals surface area (Å²) in [5, 5.41) is 7.14. The Balaban J connectivity index is 3.34. The van der Waals surface area contributed by atoms with Crippen molar-refractivity contribution in [1.29, 1.82) is 5.41 Å². The van der Waals surface area contributed by atoms with Crippen molar-refractivity contribution in [3.8, 4) is 0 Å². The van der Waals surface area contributed by atoms with E-state index in [9.17, 15) is 4.48 Å². The fourth-order valence-electron chi connectivity index (χ4n) is 0.448. The van der Waals surface area contributed by atoms with Crippen molar-refractivity contribution in [2.75, 3.05) is 13.1 Å². The standard InChI is InChI=1S/C6H12FN3/c1-2-9-5-6(8)3-4-10-7/h5,8,10H,2-4H2,1H3/b8-6?,9-5-. The largest absolute Gasteiger partial charge is 0.304 e. The molecule has 0 aromatic carbocycles. The van der Waals surface area contributed by atoms with E-state index in [0.29, 0.717) is 18.7 Å². The molecule has 0 spiro atoms. The summed E-state index contributed by atoms with van der Waals surface area (Å²) in [6.07, 6.45) is 1.84. The number of hydrogen-bond acceptors (Lipinski definition) is 3. The van der Waals surface area contributed by atoms with Crippen LogP contribution in [0.3, 0.4) is 0 Å². The van der Waals surface area contributed by atoms with E-state index < -0.39 is 0 Å². The minimum atomic E-state index is 0.189. The first-order valence-corrected chi connectivity index (χ1v) is 3.22. The monoisotopic (exact) mass is 145 g/mol. The second kappa shape index (κ2) is 6.35. The first-order valence-electron chi connectivity index (χ1n) is 3.22. The Morgan fingerprint density at radius 3 is 3.00 bits per heavy atom. The summed E-state index contributed by atoms with van der Waals surface area (Å²) in [6, 6.07) is 0. The molecule has 0 aromatic rings. The van der Waals surface area contributed by atoms with E-state index in [2.05, 4.69) is 4.99 Å². The highest BCUT2D eigenvalue weighted by molar-refractivity contribution is 6.29. The van der Waals surface area contributed by atoms with Gasteiger partial charge in [-0.3, -0.25) is 4.99 Å². The topological polar surface area (TPSA) is 48.2 Å². The van der Waals surface area contributed by atoms with Crippen LogP contribution in [0.15, 0.2) is 4.99 Å². The van der Waals surface area contributed by atoms with Crippen LogP contribution in [-0.4, -0.2) is 25.0 Å². The molecule has 0 heterocycles. The van der Waals surface area contributed by atoms with Gasteiger partial charge in [-0.25, -0.2) is 0 Å². The smallest absolute Gasteiger partial charge is 0.0505 e. The molecule has 0 aromatic heterocycles. The molecule has 0 unspecified atom stereocenters. The van der Waals surface area contributed by atoms with Crippen molar-refractivity contribution in [2.45, 2.75) is 13.3 Å². The Morgan fingerprint density at radius 1 is 1.80 bits per heavy atom. The van der Waals surface area contributed by atoms with Gasteiger partial charge in [0.05, 0.1) is 5.71 Å². The Morgan fingerprint density at radius 2 is 2.50 bits per heavy atom. The van der Waals surface area contributed by atoms with E-state index in [1.165, 1.54) is 11.8 Å². The molecular formula is C6H12FN3. The summed E-state index contributed by atoms with van der Waals surface area (Å²) in [7, 11) is 0. The van der Waals surface area contributed by atoms with E-state index in [4.69, 9.17) is 5.41 Å². The van der Waals surface area contributed by atoms with E-state index in [1.807, 2.05) is 6.92 Å². The van der Waals surface area contributed by atoms with Crippen LogP contribution in [0.1, 0.15) is 13.3 Å². The van der Waals surface area contributed by atoms with Gasteiger partial charge in [0, 0.05) is 25.7 Å². The normalized spacial score (nSPS) is 10.6. The summed E-state index contributed by atoms with van der Waals surface area (Å²) < 4.78 is 11.3. The first-order chi connectivity index (χ1) is 4.81. The lowest BCUT2D eigenvalue weighted by Crippen LogP contribution is -2.09. The Bertz CT molecular complexity index is 122. The number of aliphatic imine (C=N–C) groups is 1. The summed E-state index contributed by atoms with van der Waals surface area (Å²) in [6.45, 7) is 2.75. The van der Waals surface area contributed by atoms with Gasteiger partial charge in [0.25, 0.3) is 0 Å². The molecule has 0 atom stereocenters. The predicted octanol–water partition coefficient (Wildman–Crippen LogP) is 0.961. The molecule has 0 aliphatic heterocycles. The van der Waals surface area contributed by atoms with Gasteiger partial charge in [-0.15, -0.1) is 4.48 Å². The van der Waals surface area contributed by atoms with Crippen LogP contribution in [0.4, 0.5) is 4.48 Å². The van der Waals surface area contributed by atoms with Crippen molar-refractivity contribution in [2.24, 2.45) is 4.99 Å². The molecule has 3 nitrogen and oxygen atoms in total. The maximum absolute atomic E-state index is 11.3. The fraction of sp³-hybridized carbons (Fsp3) is 0.667. The van der Waals surface area contributed by atoms with Gasteiger partial charge in [0.2, 0.25) is 0 Å². The molecule has 0 aliphatic rings. The van der Waals surface area contributed by atoms with Crippen LogP contribution in [0, 0.1) is 5.41 Å². The lowest BCUT2D eigenvalue weighted by atomic mass is 10.3. The molecule has 0 saturated heterocycles. The van der Waals surface area contributed by atoms with Gasteiger partial charge in [0.1, 0.15) is 0 Å². The molecule has 10 heavy (non-hydrogen) atoms. The second-order valence-corrected chi connectivity index (χ2v) is 1.79. The Kier molecular flexibility index (Phi) is 5.86. The summed E-state index contributed by atoms with van der Waals surface area (Å²) >= 11 is 0. The molecule has 0 aliphatic carbocycles. The molecule has 0 rings (SSSR count). The minimum Gasteiger partial charge on any atom is -0.304 e. The fourth-order valence-corrected chi connectivity index (χ4v) is 0.448. The third kappa shape index (κ3) is 5.37. The molecule has 2 N–H and O–H groups in total. The van der Waals surface area contributed by atoms with Gasteiger partial charge < -0.3 is 5.41 Å². The highest BCUT2D eigenvalue weighted by atomic mass is 19.2. The molecule has 0 fully saturated rings. The summed E-state index contributed by atoms with van der Waals surface area (Å²) in [4.78, 5) is 3.82. The summed E-state index contributed by atoms with van der Waals surface area (Å²) in [5.41, 5.74) is 1.83. The van der Waals surface area contributed by atoms with Gasteiger partial charge in [-0.1, -0.05) is 0 Å². The maximum Gasteiger partial charge on any atom is 0.0505 e. The zero-order chi connectivity index (χ0) is 7.82. The average molecular weight is 145 g/mol. The number of hydrogen-bond donors (Lipinski definition) is 2. The SMILES string of the molecule is CC/N=C\C(=N)CCNF. The number of nitrogens with one attached hydrogen (secondary N) is 2. The molecule has 0 saturated carbocycles. The number of nitrogens with zero attached hydrogens (tertiary/aromatic N) is 1. The van der Waals surface area contributed by atoms with Gasteiger partial charge in [-0.05, 0) is 6.92 Å². The average Bonchev–Trinajstić information content (AvgIpc) is 1.97. The lowest BCUT2D eigenvalue weighted by Gasteiger charge is -1.92. The highest BCUT2D eigenvalue weighted by Gasteiger charge is 1.89. The van der Waals surface area contributed by atoms with Crippen molar-refractivity contribution in [3.63, 3.8) is 0 Å².